The van der Waals surface area contributed by atoms with Crippen LogP contribution in [0.1, 0.15) is 31.6 Å². The number of aromatic nitrogens is 3. The van der Waals surface area contributed by atoms with Crippen LogP contribution in [0.3, 0.4) is 0 Å². The SMILES string of the molecule is CC(c1nc(N)nc(N(C)C)n1)N1CCN(CC(=O)NC2CC2)CC1. The van der Waals surface area contributed by atoms with Gasteiger partial charge in [0.05, 0.1) is 12.6 Å². The highest BCUT2D eigenvalue weighted by Crippen LogP contribution is 2.21. The predicted octanol–water partition coefficient (Wildman–Crippen LogP) is -0.523. The summed E-state index contributed by atoms with van der Waals surface area (Å²) >= 11 is 0. The van der Waals surface area contributed by atoms with Crippen molar-refractivity contribution < 1.29 is 4.79 Å². The van der Waals surface area contributed by atoms with E-state index in [0.717, 1.165) is 39.0 Å². The summed E-state index contributed by atoms with van der Waals surface area (Å²) in [7, 11) is 3.77. The summed E-state index contributed by atoms with van der Waals surface area (Å²) in [5.74, 6) is 1.65. The van der Waals surface area contributed by atoms with E-state index >= 15 is 0 Å². The average molecular weight is 348 g/mol. The molecule has 1 aromatic rings. The van der Waals surface area contributed by atoms with Crippen molar-refractivity contribution in [1.29, 1.82) is 0 Å². The zero-order valence-electron chi connectivity index (χ0n) is 15.3. The molecule has 0 radical (unpaired) electrons. The van der Waals surface area contributed by atoms with Crippen LogP contribution in [0.2, 0.25) is 0 Å². The molecule has 2 fully saturated rings. The summed E-state index contributed by atoms with van der Waals surface area (Å²) in [6.45, 7) is 6.06. The highest BCUT2D eigenvalue weighted by Gasteiger charge is 2.27. The lowest BCUT2D eigenvalue weighted by molar-refractivity contribution is -0.122. The van der Waals surface area contributed by atoms with Crippen molar-refractivity contribution in [3.63, 3.8) is 0 Å². The van der Waals surface area contributed by atoms with Gasteiger partial charge in [-0.3, -0.25) is 14.6 Å². The van der Waals surface area contributed by atoms with Crippen molar-refractivity contribution in [3.8, 4) is 0 Å². The Balaban J connectivity index is 1.54. The normalized spacial score (nSPS) is 20.3. The van der Waals surface area contributed by atoms with Crippen LogP contribution < -0.4 is 16.0 Å². The van der Waals surface area contributed by atoms with Crippen LogP contribution in [-0.2, 0) is 4.79 Å². The Morgan fingerprint density at radius 1 is 1.24 bits per heavy atom. The lowest BCUT2D eigenvalue weighted by atomic mass is 10.2. The smallest absolute Gasteiger partial charge is 0.234 e. The molecule has 25 heavy (non-hydrogen) atoms. The van der Waals surface area contributed by atoms with E-state index in [-0.39, 0.29) is 17.9 Å². The minimum Gasteiger partial charge on any atom is -0.368 e. The van der Waals surface area contributed by atoms with Gasteiger partial charge in [-0.2, -0.15) is 15.0 Å². The summed E-state index contributed by atoms with van der Waals surface area (Å²) < 4.78 is 0. The van der Waals surface area contributed by atoms with Crippen LogP contribution in [0.5, 0.6) is 0 Å². The molecular formula is C16H28N8O. The number of nitrogens with zero attached hydrogens (tertiary/aromatic N) is 6. The van der Waals surface area contributed by atoms with Crippen LogP contribution in [0, 0.1) is 0 Å². The monoisotopic (exact) mass is 348 g/mol. The molecule has 9 nitrogen and oxygen atoms in total. The number of carbonyl (C=O) groups excluding carboxylic acids is 1. The number of anilines is 2. The molecule has 0 bridgehead atoms. The quantitative estimate of drug-likeness (QED) is 0.708. The molecule has 2 aliphatic rings. The van der Waals surface area contributed by atoms with E-state index < -0.39 is 0 Å². The number of nitrogens with one attached hydrogen (secondary N) is 1. The molecule has 9 heteroatoms. The van der Waals surface area contributed by atoms with Crippen molar-refractivity contribution in [2.45, 2.75) is 31.8 Å². The first kappa shape index (κ1) is 17.8. The maximum Gasteiger partial charge on any atom is 0.234 e. The van der Waals surface area contributed by atoms with Gasteiger partial charge in [-0.15, -0.1) is 0 Å². The van der Waals surface area contributed by atoms with Gasteiger partial charge >= 0.3 is 0 Å². The molecule has 1 saturated heterocycles. The summed E-state index contributed by atoms with van der Waals surface area (Å²) in [4.78, 5) is 31.2. The first-order chi connectivity index (χ1) is 11.9. The Labute approximate surface area is 148 Å². The van der Waals surface area contributed by atoms with E-state index in [0.29, 0.717) is 24.4 Å². The Kier molecular flexibility index (Phi) is 5.33. The summed E-state index contributed by atoms with van der Waals surface area (Å²) in [5, 5.41) is 3.04. The van der Waals surface area contributed by atoms with Gasteiger partial charge in [-0.1, -0.05) is 0 Å². The van der Waals surface area contributed by atoms with E-state index in [9.17, 15) is 4.79 Å². The van der Waals surface area contributed by atoms with Crippen molar-refractivity contribution in [1.82, 2.24) is 30.1 Å². The fourth-order valence-corrected chi connectivity index (χ4v) is 2.96. The number of piperazine rings is 1. The second-order valence-electron chi connectivity index (χ2n) is 7.08. The van der Waals surface area contributed by atoms with E-state index in [2.05, 4.69) is 37.0 Å². The molecule has 1 aromatic heterocycles. The number of carbonyl (C=O) groups is 1. The maximum atomic E-state index is 11.9. The second kappa shape index (κ2) is 7.49. The van der Waals surface area contributed by atoms with Crippen LogP contribution in [0.25, 0.3) is 0 Å². The topological polar surface area (TPSA) is 104 Å². The Morgan fingerprint density at radius 3 is 2.52 bits per heavy atom. The molecular weight excluding hydrogens is 320 g/mol. The standard InChI is InChI=1S/C16H28N8O/c1-11(14-19-15(17)21-16(20-14)22(2)3)24-8-6-23(7-9-24)10-13(25)18-12-4-5-12/h11-12H,4-10H2,1-3H3,(H,18,25)(H2,17,19,20,21). The maximum absolute atomic E-state index is 11.9. The van der Waals surface area contributed by atoms with E-state index in [1.165, 1.54) is 0 Å². The lowest BCUT2D eigenvalue weighted by Crippen LogP contribution is -2.50. The number of nitrogens with two attached hydrogens (primary N) is 1. The number of amides is 1. The van der Waals surface area contributed by atoms with Gasteiger partial charge in [0.1, 0.15) is 0 Å². The third kappa shape index (κ3) is 4.76. The largest absolute Gasteiger partial charge is 0.368 e. The zero-order chi connectivity index (χ0) is 18.0. The fraction of sp³-hybridized carbons (Fsp3) is 0.750. The summed E-state index contributed by atoms with van der Waals surface area (Å²) in [6.07, 6.45) is 2.25. The van der Waals surface area contributed by atoms with Gasteiger partial charge in [0.25, 0.3) is 0 Å². The predicted molar refractivity (Wildman–Crippen MR) is 96.2 cm³/mol. The number of rotatable bonds is 6. The summed E-state index contributed by atoms with van der Waals surface area (Å²) in [5.41, 5.74) is 5.83. The first-order valence-electron chi connectivity index (χ1n) is 8.87. The van der Waals surface area contributed by atoms with Gasteiger partial charge < -0.3 is 16.0 Å². The minimum absolute atomic E-state index is 0.0615. The first-order valence-corrected chi connectivity index (χ1v) is 8.87. The minimum atomic E-state index is 0.0615. The number of nitrogen functional groups attached to an aromatic ring is 1. The average Bonchev–Trinajstić information content (AvgIpc) is 3.38. The molecule has 1 aliphatic heterocycles. The molecule has 3 N–H and O–H groups in total. The van der Waals surface area contributed by atoms with Crippen molar-refractivity contribution in [2.24, 2.45) is 0 Å². The Morgan fingerprint density at radius 2 is 1.92 bits per heavy atom. The zero-order valence-corrected chi connectivity index (χ0v) is 15.3. The van der Waals surface area contributed by atoms with Crippen LogP contribution in [-0.4, -0.2) is 83.5 Å². The molecule has 1 amide bonds. The Bertz CT molecular complexity index is 610. The Hall–Kier alpha value is -2.00. The van der Waals surface area contributed by atoms with Gasteiger partial charge in [0, 0.05) is 46.3 Å². The summed E-state index contributed by atoms with van der Waals surface area (Å²) in [6, 6.07) is 0.487. The van der Waals surface area contributed by atoms with E-state index in [1.807, 2.05) is 19.0 Å². The van der Waals surface area contributed by atoms with Crippen LogP contribution in [0.15, 0.2) is 0 Å². The van der Waals surface area contributed by atoms with E-state index in [1.54, 1.807) is 0 Å². The molecule has 1 unspecified atom stereocenters. The van der Waals surface area contributed by atoms with Gasteiger partial charge in [0.2, 0.25) is 17.8 Å². The molecule has 1 aliphatic carbocycles. The van der Waals surface area contributed by atoms with E-state index in [4.69, 9.17) is 5.73 Å². The van der Waals surface area contributed by atoms with Crippen LogP contribution in [0.4, 0.5) is 11.9 Å². The van der Waals surface area contributed by atoms with Crippen molar-refractivity contribution in [2.75, 3.05) is 57.5 Å². The third-order valence-electron chi connectivity index (χ3n) is 4.70. The van der Waals surface area contributed by atoms with Gasteiger partial charge in [0.15, 0.2) is 5.82 Å². The van der Waals surface area contributed by atoms with Gasteiger partial charge in [-0.05, 0) is 19.8 Å². The van der Waals surface area contributed by atoms with Crippen molar-refractivity contribution in [3.05, 3.63) is 5.82 Å². The number of hydrogen-bond donors (Lipinski definition) is 2. The number of hydrogen-bond acceptors (Lipinski definition) is 8. The molecule has 138 valence electrons. The molecule has 3 rings (SSSR count). The molecule has 1 saturated carbocycles. The molecule has 2 heterocycles. The highest BCUT2D eigenvalue weighted by atomic mass is 16.2. The van der Waals surface area contributed by atoms with Crippen LogP contribution >= 0.6 is 0 Å². The van der Waals surface area contributed by atoms with Gasteiger partial charge in [-0.25, -0.2) is 0 Å². The lowest BCUT2D eigenvalue weighted by Gasteiger charge is -2.37. The third-order valence-corrected chi connectivity index (χ3v) is 4.70. The fourth-order valence-electron chi connectivity index (χ4n) is 2.96. The highest BCUT2D eigenvalue weighted by molar-refractivity contribution is 5.78. The molecule has 1 atom stereocenters. The second-order valence-corrected chi connectivity index (χ2v) is 7.08. The van der Waals surface area contributed by atoms with Crippen molar-refractivity contribution >= 4 is 17.8 Å². The molecule has 0 spiro atoms. The molecule has 0 aromatic carbocycles.